The SMILES string of the molecule is C=C.C=Cc1c(/C=C\C)c2ccc(C)cc2n1-c1ccc2c3ccccc3c3ccccc3c2c1.CC. The molecule has 0 fully saturated rings. The Morgan fingerprint density at radius 3 is 1.70 bits per heavy atom. The van der Waals surface area contributed by atoms with Gasteiger partial charge in [-0.3, -0.25) is 0 Å². The van der Waals surface area contributed by atoms with Crippen molar-refractivity contribution in [2.45, 2.75) is 27.7 Å². The Bertz CT molecular complexity index is 1730. The van der Waals surface area contributed by atoms with Gasteiger partial charge < -0.3 is 4.57 Å². The number of hydrogen-bond donors (Lipinski definition) is 0. The van der Waals surface area contributed by atoms with Crippen molar-refractivity contribution < 1.29 is 0 Å². The number of fused-ring (bicyclic) bond motifs is 7. The lowest BCUT2D eigenvalue weighted by Gasteiger charge is -2.14. The van der Waals surface area contributed by atoms with E-state index in [9.17, 15) is 0 Å². The zero-order valence-electron chi connectivity index (χ0n) is 22.4. The highest BCUT2D eigenvalue weighted by Crippen LogP contribution is 2.38. The molecule has 37 heavy (non-hydrogen) atoms. The first-order chi connectivity index (χ1) is 18.2. The summed E-state index contributed by atoms with van der Waals surface area (Å²) in [5.74, 6) is 0. The molecule has 0 aliphatic rings. The Morgan fingerprint density at radius 2 is 1.16 bits per heavy atom. The zero-order valence-corrected chi connectivity index (χ0v) is 22.4. The molecular weight excluding hydrogens is 446 g/mol. The predicted molar refractivity (Wildman–Crippen MR) is 168 cm³/mol. The van der Waals surface area contributed by atoms with Crippen molar-refractivity contribution in [1.82, 2.24) is 4.57 Å². The normalized spacial score (nSPS) is 10.9. The minimum atomic E-state index is 1.12. The molecule has 1 heterocycles. The van der Waals surface area contributed by atoms with Gasteiger partial charge in [0.25, 0.3) is 0 Å². The van der Waals surface area contributed by atoms with Gasteiger partial charge in [-0.05, 0) is 76.0 Å². The van der Waals surface area contributed by atoms with Crippen molar-refractivity contribution in [2.75, 3.05) is 0 Å². The van der Waals surface area contributed by atoms with Crippen LogP contribution in [0.15, 0.2) is 111 Å². The summed E-state index contributed by atoms with van der Waals surface area (Å²) >= 11 is 0. The van der Waals surface area contributed by atoms with Crippen LogP contribution >= 0.6 is 0 Å². The van der Waals surface area contributed by atoms with Crippen LogP contribution in [0.25, 0.3) is 61.1 Å². The average Bonchev–Trinajstić information content (AvgIpc) is 3.27. The summed E-state index contributed by atoms with van der Waals surface area (Å²) in [6.07, 6.45) is 6.27. The van der Waals surface area contributed by atoms with Gasteiger partial charge in [-0.15, -0.1) is 13.2 Å². The van der Waals surface area contributed by atoms with Gasteiger partial charge in [-0.1, -0.05) is 99.3 Å². The van der Waals surface area contributed by atoms with Crippen LogP contribution in [-0.2, 0) is 0 Å². The van der Waals surface area contributed by atoms with Crippen LogP contribution in [0.2, 0.25) is 0 Å². The van der Waals surface area contributed by atoms with Crippen molar-refractivity contribution >= 4 is 55.4 Å². The van der Waals surface area contributed by atoms with Gasteiger partial charge in [0.15, 0.2) is 0 Å². The van der Waals surface area contributed by atoms with Gasteiger partial charge >= 0.3 is 0 Å². The molecule has 1 aromatic heterocycles. The Morgan fingerprint density at radius 1 is 0.649 bits per heavy atom. The first kappa shape index (κ1) is 25.7. The minimum Gasteiger partial charge on any atom is -0.309 e. The zero-order chi connectivity index (χ0) is 26.5. The molecule has 6 rings (SSSR count). The lowest BCUT2D eigenvalue weighted by atomic mass is 9.94. The van der Waals surface area contributed by atoms with Crippen LogP contribution in [0, 0.1) is 6.92 Å². The van der Waals surface area contributed by atoms with E-state index < -0.39 is 0 Å². The van der Waals surface area contributed by atoms with Gasteiger partial charge in [-0.25, -0.2) is 0 Å². The first-order valence-corrected chi connectivity index (χ1v) is 12.9. The number of benzene rings is 5. The van der Waals surface area contributed by atoms with E-state index in [4.69, 9.17) is 0 Å². The molecule has 0 aliphatic heterocycles. The number of aromatic nitrogens is 1. The van der Waals surface area contributed by atoms with Gasteiger partial charge in [0.05, 0.1) is 11.2 Å². The van der Waals surface area contributed by atoms with Crippen LogP contribution < -0.4 is 0 Å². The second-order valence-corrected chi connectivity index (χ2v) is 8.68. The third-order valence-corrected chi connectivity index (χ3v) is 6.71. The van der Waals surface area contributed by atoms with Crippen LogP contribution in [0.5, 0.6) is 0 Å². The highest BCUT2D eigenvalue weighted by atomic mass is 15.0. The summed E-state index contributed by atoms with van der Waals surface area (Å²) in [7, 11) is 0. The van der Waals surface area contributed by atoms with Crippen LogP contribution in [-0.4, -0.2) is 4.57 Å². The van der Waals surface area contributed by atoms with Gasteiger partial charge in [0.1, 0.15) is 0 Å². The molecule has 0 spiro atoms. The highest BCUT2D eigenvalue weighted by Gasteiger charge is 2.16. The Balaban J connectivity index is 0.000000765. The van der Waals surface area contributed by atoms with Crippen LogP contribution in [0.4, 0.5) is 0 Å². The molecule has 0 amide bonds. The Kier molecular flexibility index (Phi) is 7.74. The Hall–Kier alpha value is -4.36. The third-order valence-electron chi connectivity index (χ3n) is 6.71. The summed E-state index contributed by atoms with van der Waals surface area (Å²) in [6, 6.07) is 31.0. The molecule has 1 nitrogen and oxygen atoms in total. The maximum atomic E-state index is 4.18. The van der Waals surface area contributed by atoms with E-state index in [-0.39, 0.29) is 0 Å². The highest BCUT2D eigenvalue weighted by molar-refractivity contribution is 6.25. The molecule has 6 aromatic rings. The lowest BCUT2D eigenvalue weighted by Crippen LogP contribution is -1.97. The molecule has 0 unspecified atom stereocenters. The van der Waals surface area contributed by atoms with E-state index >= 15 is 0 Å². The maximum absolute atomic E-state index is 4.18. The summed E-state index contributed by atoms with van der Waals surface area (Å²) in [5.41, 5.74) is 5.96. The number of allylic oxidation sites excluding steroid dienone is 1. The summed E-state index contributed by atoms with van der Waals surface area (Å²) < 4.78 is 2.36. The van der Waals surface area contributed by atoms with E-state index in [0.717, 1.165) is 11.4 Å². The van der Waals surface area contributed by atoms with Gasteiger partial charge in [0, 0.05) is 16.6 Å². The molecule has 0 radical (unpaired) electrons. The monoisotopic (exact) mass is 481 g/mol. The van der Waals surface area contributed by atoms with Crippen molar-refractivity contribution in [3.63, 3.8) is 0 Å². The molecule has 0 bridgehead atoms. The fourth-order valence-electron chi connectivity index (χ4n) is 5.30. The molecule has 1 heteroatoms. The molecule has 0 aliphatic carbocycles. The van der Waals surface area contributed by atoms with Crippen molar-refractivity contribution in [3.05, 3.63) is 128 Å². The van der Waals surface area contributed by atoms with Crippen LogP contribution in [0.3, 0.4) is 0 Å². The van der Waals surface area contributed by atoms with Crippen molar-refractivity contribution in [2.24, 2.45) is 0 Å². The quantitative estimate of drug-likeness (QED) is 0.175. The van der Waals surface area contributed by atoms with E-state index in [2.05, 4.69) is 135 Å². The maximum Gasteiger partial charge on any atom is 0.0543 e. The molecular formula is C36H35N. The number of aryl methyl sites for hydroxylation is 1. The molecule has 5 aromatic carbocycles. The fourth-order valence-corrected chi connectivity index (χ4v) is 5.30. The largest absolute Gasteiger partial charge is 0.309 e. The van der Waals surface area contributed by atoms with Crippen molar-refractivity contribution in [3.8, 4) is 5.69 Å². The second kappa shape index (κ2) is 11.1. The van der Waals surface area contributed by atoms with Crippen LogP contribution in [0.1, 0.15) is 37.6 Å². The number of hydrogen-bond acceptors (Lipinski definition) is 0. The molecule has 0 saturated carbocycles. The predicted octanol–water partition coefficient (Wildman–Crippen LogP) is 10.9. The van der Waals surface area contributed by atoms with Gasteiger partial charge in [0.2, 0.25) is 0 Å². The molecule has 0 N–H and O–H groups in total. The summed E-state index contributed by atoms with van der Waals surface area (Å²) in [4.78, 5) is 0. The second-order valence-electron chi connectivity index (χ2n) is 8.68. The molecule has 184 valence electrons. The van der Waals surface area contributed by atoms with E-state index in [1.165, 1.54) is 54.3 Å². The minimum absolute atomic E-state index is 1.12. The van der Waals surface area contributed by atoms with Gasteiger partial charge in [-0.2, -0.15) is 0 Å². The van der Waals surface area contributed by atoms with E-state index in [1.807, 2.05) is 19.9 Å². The lowest BCUT2D eigenvalue weighted by molar-refractivity contribution is 1.11. The first-order valence-electron chi connectivity index (χ1n) is 12.9. The number of nitrogens with zero attached hydrogens (tertiary/aromatic N) is 1. The summed E-state index contributed by atoms with van der Waals surface area (Å²) in [6.45, 7) is 18.4. The molecule has 0 atom stereocenters. The topological polar surface area (TPSA) is 4.93 Å². The Labute approximate surface area is 220 Å². The third kappa shape index (κ3) is 4.27. The molecule has 0 saturated heterocycles. The number of rotatable bonds is 3. The fraction of sp³-hybridized carbons (Fsp3) is 0.111. The summed E-state index contributed by atoms with van der Waals surface area (Å²) in [5, 5.41) is 8.99. The average molecular weight is 482 g/mol. The smallest absolute Gasteiger partial charge is 0.0543 e. The standard InChI is InChI=1S/C32H25N.C2H6.C2H4/c1-4-10-28-29-17-15-21(3)19-32(29)33(31(28)5-2)22-16-18-27-25-13-7-6-11-23(25)24-12-8-9-14-26(24)30(27)20-22;2*1-2/h4-20H,2H2,1,3H3;1-2H3;1-2H2/b10-4-;;. The van der Waals surface area contributed by atoms with Crippen molar-refractivity contribution in [1.29, 1.82) is 0 Å². The van der Waals surface area contributed by atoms with E-state index in [0.29, 0.717) is 0 Å². The van der Waals surface area contributed by atoms with E-state index in [1.54, 1.807) is 0 Å².